The first-order valence-corrected chi connectivity index (χ1v) is 4.88. The summed E-state index contributed by atoms with van der Waals surface area (Å²) in [6, 6.07) is 0.222. The summed E-state index contributed by atoms with van der Waals surface area (Å²) in [5.41, 5.74) is 0.137. The normalized spacial score (nSPS) is 16.7. The Morgan fingerprint density at radius 3 is 2.23 bits per heavy atom. The highest BCUT2D eigenvalue weighted by Crippen LogP contribution is 2.25. The summed E-state index contributed by atoms with van der Waals surface area (Å²) in [5.74, 6) is 0. The summed E-state index contributed by atoms with van der Waals surface area (Å²) in [7, 11) is 1.93. The van der Waals surface area contributed by atoms with Gasteiger partial charge in [0, 0.05) is 6.61 Å². The fourth-order valence-corrected chi connectivity index (χ4v) is 1.46. The van der Waals surface area contributed by atoms with Gasteiger partial charge in [0.1, 0.15) is 0 Å². The van der Waals surface area contributed by atoms with E-state index in [2.05, 4.69) is 32.7 Å². The lowest BCUT2D eigenvalue weighted by molar-refractivity contribution is -0.0242. The van der Waals surface area contributed by atoms with Crippen molar-refractivity contribution in [3.8, 4) is 0 Å². The molecule has 2 atom stereocenters. The highest BCUT2D eigenvalue weighted by Gasteiger charge is 2.30. The zero-order chi connectivity index (χ0) is 10.5. The number of rotatable bonds is 5. The molecule has 0 amide bonds. The van der Waals surface area contributed by atoms with Crippen LogP contribution in [-0.4, -0.2) is 25.8 Å². The minimum Gasteiger partial charge on any atom is -0.376 e. The fourth-order valence-electron chi connectivity index (χ4n) is 1.46. The van der Waals surface area contributed by atoms with Crippen LogP contribution in [0, 0.1) is 5.41 Å². The van der Waals surface area contributed by atoms with E-state index < -0.39 is 0 Å². The smallest absolute Gasteiger partial charge is 0.0811 e. The number of hydrogen-bond donors (Lipinski definition) is 1. The van der Waals surface area contributed by atoms with E-state index in [9.17, 15) is 0 Å². The molecule has 0 aromatic heterocycles. The first-order valence-electron chi connectivity index (χ1n) is 4.88. The van der Waals surface area contributed by atoms with Crippen molar-refractivity contribution in [2.24, 2.45) is 5.41 Å². The molecule has 0 aliphatic carbocycles. The summed E-state index contributed by atoms with van der Waals surface area (Å²) in [6.45, 7) is 13.1. The lowest BCUT2D eigenvalue weighted by Crippen LogP contribution is -2.45. The first-order chi connectivity index (χ1) is 5.97. The summed E-state index contributed by atoms with van der Waals surface area (Å²) in [5, 5.41) is 3.20. The van der Waals surface area contributed by atoms with Gasteiger partial charge in [0.2, 0.25) is 0 Å². The Hall–Kier alpha value is -0.340. The second-order valence-electron chi connectivity index (χ2n) is 4.29. The molecular formula is C11H23NO. The SMILES string of the molecule is C=CC(NC)C(OCC)C(C)(C)C. The first kappa shape index (κ1) is 12.7. The molecule has 0 bridgehead atoms. The molecule has 0 aromatic carbocycles. The molecule has 0 spiro atoms. The third kappa shape index (κ3) is 3.92. The van der Waals surface area contributed by atoms with Gasteiger partial charge in [-0.3, -0.25) is 0 Å². The van der Waals surface area contributed by atoms with E-state index in [4.69, 9.17) is 4.74 Å². The van der Waals surface area contributed by atoms with Gasteiger partial charge in [0.15, 0.2) is 0 Å². The Kier molecular flexibility index (Phi) is 5.26. The zero-order valence-electron chi connectivity index (χ0n) is 9.55. The van der Waals surface area contributed by atoms with Crippen LogP contribution in [0.2, 0.25) is 0 Å². The molecule has 0 radical (unpaired) electrons. The minimum absolute atomic E-state index is 0.137. The van der Waals surface area contributed by atoms with E-state index in [-0.39, 0.29) is 17.6 Å². The van der Waals surface area contributed by atoms with Crippen molar-refractivity contribution in [3.05, 3.63) is 12.7 Å². The van der Waals surface area contributed by atoms with Crippen LogP contribution < -0.4 is 5.32 Å². The van der Waals surface area contributed by atoms with E-state index in [1.807, 2.05) is 20.0 Å². The number of nitrogens with one attached hydrogen (secondary N) is 1. The predicted molar refractivity (Wildman–Crippen MR) is 57.9 cm³/mol. The third-order valence-electron chi connectivity index (χ3n) is 2.11. The maximum atomic E-state index is 5.72. The van der Waals surface area contributed by atoms with Crippen LogP contribution in [-0.2, 0) is 4.74 Å². The summed E-state index contributed by atoms with van der Waals surface area (Å²) in [6.07, 6.45) is 2.09. The molecule has 0 saturated heterocycles. The molecule has 0 aromatic rings. The molecule has 0 fully saturated rings. The molecule has 2 nitrogen and oxygen atoms in total. The van der Waals surface area contributed by atoms with Crippen molar-refractivity contribution in [1.82, 2.24) is 5.32 Å². The van der Waals surface area contributed by atoms with Crippen molar-refractivity contribution in [1.29, 1.82) is 0 Å². The zero-order valence-corrected chi connectivity index (χ0v) is 9.55. The van der Waals surface area contributed by atoms with Gasteiger partial charge in [-0.1, -0.05) is 26.8 Å². The van der Waals surface area contributed by atoms with Crippen LogP contribution in [0.3, 0.4) is 0 Å². The van der Waals surface area contributed by atoms with Gasteiger partial charge in [-0.2, -0.15) is 0 Å². The Bertz CT molecular complexity index is 149. The summed E-state index contributed by atoms with van der Waals surface area (Å²) in [4.78, 5) is 0. The molecule has 2 heteroatoms. The van der Waals surface area contributed by atoms with Crippen LogP contribution in [0.1, 0.15) is 27.7 Å². The van der Waals surface area contributed by atoms with Gasteiger partial charge in [-0.15, -0.1) is 6.58 Å². The molecule has 0 saturated carbocycles. The van der Waals surface area contributed by atoms with Gasteiger partial charge in [0.05, 0.1) is 12.1 Å². The number of likely N-dealkylation sites (N-methyl/N-ethyl adjacent to an activating group) is 1. The van der Waals surface area contributed by atoms with Crippen molar-refractivity contribution >= 4 is 0 Å². The highest BCUT2D eigenvalue weighted by molar-refractivity contribution is 4.96. The molecule has 0 aliphatic heterocycles. The molecule has 13 heavy (non-hydrogen) atoms. The van der Waals surface area contributed by atoms with E-state index in [1.54, 1.807) is 0 Å². The Labute approximate surface area is 82.4 Å². The Balaban J connectivity index is 4.47. The van der Waals surface area contributed by atoms with Gasteiger partial charge in [0.25, 0.3) is 0 Å². The molecule has 78 valence electrons. The Morgan fingerprint density at radius 2 is 2.00 bits per heavy atom. The molecular weight excluding hydrogens is 162 g/mol. The van der Waals surface area contributed by atoms with Crippen molar-refractivity contribution in [2.75, 3.05) is 13.7 Å². The predicted octanol–water partition coefficient (Wildman–Crippen LogP) is 2.21. The maximum absolute atomic E-state index is 5.72. The molecule has 0 heterocycles. The topological polar surface area (TPSA) is 21.3 Å². The van der Waals surface area contributed by atoms with Crippen LogP contribution >= 0.6 is 0 Å². The fraction of sp³-hybridized carbons (Fsp3) is 0.818. The van der Waals surface area contributed by atoms with Crippen LogP contribution in [0.25, 0.3) is 0 Å². The van der Waals surface area contributed by atoms with Gasteiger partial charge < -0.3 is 10.1 Å². The van der Waals surface area contributed by atoms with Crippen LogP contribution in [0.5, 0.6) is 0 Å². The maximum Gasteiger partial charge on any atom is 0.0811 e. The molecule has 0 rings (SSSR count). The molecule has 0 aliphatic rings. The van der Waals surface area contributed by atoms with Gasteiger partial charge in [-0.05, 0) is 19.4 Å². The largest absolute Gasteiger partial charge is 0.376 e. The quantitative estimate of drug-likeness (QED) is 0.663. The van der Waals surface area contributed by atoms with E-state index in [1.165, 1.54) is 0 Å². The highest BCUT2D eigenvalue weighted by atomic mass is 16.5. The van der Waals surface area contributed by atoms with E-state index in [0.29, 0.717) is 0 Å². The Morgan fingerprint density at radius 1 is 1.46 bits per heavy atom. The lowest BCUT2D eigenvalue weighted by atomic mass is 9.84. The van der Waals surface area contributed by atoms with Crippen LogP contribution in [0.15, 0.2) is 12.7 Å². The van der Waals surface area contributed by atoms with Crippen LogP contribution in [0.4, 0.5) is 0 Å². The van der Waals surface area contributed by atoms with Crippen molar-refractivity contribution in [2.45, 2.75) is 39.8 Å². The summed E-state index contributed by atoms with van der Waals surface area (Å²) >= 11 is 0. The van der Waals surface area contributed by atoms with Gasteiger partial charge in [-0.25, -0.2) is 0 Å². The third-order valence-corrected chi connectivity index (χ3v) is 2.11. The monoisotopic (exact) mass is 185 g/mol. The molecule has 1 N–H and O–H groups in total. The minimum atomic E-state index is 0.137. The standard InChI is InChI=1S/C11H23NO/c1-7-9(12-6)10(13-8-2)11(3,4)5/h7,9-10,12H,1,8H2,2-6H3. The van der Waals surface area contributed by atoms with E-state index in [0.717, 1.165) is 6.61 Å². The van der Waals surface area contributed by atoms with Crippen molar-refractivity contribution < 1.29 is 4.74 Å². The second-order valence-corrected chi connectivity index (χ2v) is 4.29. The number of ether oxygens (including phenoxy) is 1. The second kappa shape index (κ2) is 5.40. The van der Waals surface area contributed by atoms with Crippen molar-refractivity contribution in [3.63, 3.8) is 0 Å². The average Bonchev–Trinajstić information content (AvgIpc) is 2.03. The number of hydrogen-bond acceptors (Lipinski definition) is 2. The average molecular weight is 185 g/mol. The lowest BCUT2D eigenvalue weighted by Gasteiger charge is -2.35. The van der Waals surface area contributed by atoms with E-state index >= 15 is 0 Å². The van der Waals surface area contributed by atoms with Gasteiger partial charge >= 0.3 is 0 Å². The summed E-state index contributed by atoms with van der Waals surface area (Å²) < 4.78 is 5.72. The molecule has 2 unspecified atom stereocenters.